The summed E-state index contributed by atoms with van der Waals surface area (Å²) in [5, 5.41) is 5.78. The molecule has 8 heteroatoms. The molecule has 3 aromatic rings. The number of hydrogen-bond acceptors (Lipinski definition) is 5. The summed E-state index contributed by atoms with van der Waals surface area (Å²) in [4.78, 5) is 36.4. The molecule has 0 aromatic heterocycles. The number of carbonyl (C=O) groups excluding carboxylic acids is 3. The quantitative estimate of drug-likeness (QED) is 0.285. The normalized spacial score (nSPS) is 10.3. The number of halogens is 1. The van der Waals surface area contributed by atoms with E-state index < -0.39 is 6.16 Å². The van der Waals surface area contributed by atoms with Gasteiger partial charge in [-0.3, -0.25) is 9.59 Å². The Labute approximate surface area is 206 Å². The van der Waals surface area contributed by atoms with Crippen molar-refractivity contribution in [3.8, 4) is 5.75 Å². The fourth-order valence-corrected chi connectivity index (χ4v) is 3.64. The van der Waals surface area contributed by atoms with Gasteiger partial charge in [-0.1, -0.05) is 52.3 Å². The van der Waals surface area contributed by atoms with Gasteiger partial charge in [-0.05, 0) is 60.9 Å². The molecule has 0 aliphatic rings. The van der Waals surface area contributed by atoms with E-state index in [4.69, 9.17) is 9.47 Å². The highest BCUT2D eigenvalue weighted by Gasteiger charge is 2.11. The van der Waals surface area contributed by atoms with Crippen LogP contribution in [0.25, 0.3) is 0 Å². The summed E-state index contributed by atoms with van der Waals surface area (Å²) in [6, 6.07) is 21.3. The van der Waals surface area contributed by atoms with Crippen LogP contribution in [0.3, 0.4) is 0 Å². The second-order valence-corrected chi connectivity index (χ2v) is 8.14. The van der Waals surface area contributed by atoms with Gasteiger partial charge in [0.15, 0.2) is 0 Å². The van der Waals surface area contributed by atoms with Gasteiger partial charge in [-0.25, -0.2) is 4.79 Å². The third-order valence-electron chi connectivity index (χ3n) is 4.89. The van der Waals surface area contributed by atoms with Crippen LogP contribution in [0.1, 0.15) is 34.8 Å². The Hall–Kier alpha value is -3.65. The summed E-state index contributed by atoms with van der Waals surface area (Å²) in [5.74, 6) is -0.116. The first-order valence-corrected chi connectivity index (χ1v) is 11.6. The predicted octanol–water partition coefficient (Wildman–Crippen LogP) is 5.49. The number of hydrogen-bond donors (Lipinski definition) is 2. The van der Waals surface area contributed by atoms with Gasteiger partial charge in [-0.15, -0.1) is 0 Å². The van der Waals surface area contributed by atoms with E-state index in [1.54, 1.807) is 25.1 Å². The number of benzene rings is 3. The van der Waals surface area contributed by atoms with Crippen molar-refractivity contribution in [3.63, 3.8) is 0 Å². The van der Waals surface area contributed by atoms with Gasteiger partial charge in [0, 0.05) is 28.7 Å². The molecule has 0 spiro atoms. The lowest BCUT2D eigenvalue weighted by Gasteiger charge is -2.12. The molecular formula is C26H25BrN2O5. The number of anilines is 1. The third kappa shape index (κ3) is 7.45. The molecule has 0 fully saturated rings. The molecule has 2 N–H and O–H groups in total. The zero-order valence-electron chi connectivity index (χ0n) is 18.7. The van der Waals surface area contributed by atoms with Crippen LogP contribution >= 0.6 is 15.9 Å². The van der Waals surface area contributed by atoms with Gasteiger partial charge in [-0.2, -0.15) is 0 Å². The van der Waals surface area contributed by atoms with Crippen molar-refractivity contribution < 1.29 is 23.9 Å². The molecule has 0 heterocycles. The molecule has 3 rings (SSSR count). The number of rotatable bonds is 9. The van der Waals surface area contributed by atoms with E-state index in [1.807, 2.05) is 42.5 Å². The lowest BCUT2D eigenvalue weighted by Crippen LogP contribution is -2.24. The Morgan fingerprint density at radius 2 is 1.56 bits per heavy atom. The van der Waals surface area contributed by atoms with Gasteiger partial charge in [0.05, 0.1) is 6.61 Å². The highest BCUT2D eigenvalue weighted by molar-refractivity contribution is 9.10. The molecule has 0 radical (unpaired) electrons. The highest BCUT2D eigenvalue weighted by Crippen LogP contribution is 2.19. The van der Waals surface area contributed by atoms with E-state index in [1.165, 1.54) is 12.1 Å². The number of amides is 2. The lowest BCUT2D eigenvalue weighted by atomic mass is 10.1. The van der Waals surface area contributed by atoms with Crippen LogP contribution in [0.2, 0.25) is 0 Å². The maximum Gasteiger partial charge on any atom is 0.513 e. The van der Waals surface area contributed by atoms with E-state index in [2.05, 4.69) is 26.6 Å². The summed E-state index contributed by atoms with van der Waals surface area (Å²) in [6.07, 6.45) is 0.153. The van der Waals surface area contributed by atoms with Crippen molar-refractivity contribution in [1.82, 2.24) is 5.32 Å². The number of para-hydroxylation sites is 1. The van der Waals surface area contributed by atoms with Crippen LogP contribution < -0.4 is 15.4 Å². The van der Waals surface area contributed by atoms with Crippen molar-refractivity contribution in [2.45, 2.75) is 26.3 Å². The Bertz CT molecular complexity index is 1150. The Balaban J connectivity index is 1.54. The molecule has 0 unspecified atom stereocenters. The van der Waals surface area contributed by atoms with Crippen LogP contribution in [-0.4, -0.2) is 24.6 Å². The molecule has 0 atom stereocenters. The van der Waals surface area contributed by atoms with Crippen LogP contribution in [0, 0.1) is 0 Å². The van der Waals surface area contributed by atoms with Crippen LogP contribution in [-0.2, 0) is 22.5 Å². The van der Waals surface area contributed by atoms with Crippen molar-refractivity contribution in [2.75, 3.05) is 11.9 Å². The summed E-state index contributed by atoms with van der Waals surface area (Å²) in [7, 11) is 0. The zero-order chi connectivity index (χ0) is 24.3. The molecular weight excluding hydrogens is 500 g/mol. The average molecular weight is 525 g/mol. The second kappa shape index (κ2) is 12.6. The topological polar surface area (TPSA) is 93.7 Å². The summed E-state index contributed by atoms with van der Waals surface area (Å²) in [6.45, 7) is 2.13. The fraction of sp³-hybridized carbons (Fsp3) is 0.192. The van der Waals surface area contributed by atoms with Crippen molar-refractivity contribution in [1.29, 1.82) is 0 Å². The monoisotopic (exact) mass is 524 g/mol. The maximum atomic E-state index is 12.5. The summed E-state index contributed by atoms with van der Waals surface area (Å²) >= 11 is 3.50. The molecule has 2 amide bonds. The molecule has 3 aromatic carbocycles. The smallest absolute Gasteiger partial charge is 0.434 e. The molecule has 0 aliphatic heterocycles. The van der Waals surface area contributed by atoms with E-state index in [0.717, 1.165) is 15.6 Å². The minimum Gasteiger partial charge on any atom is -0.434 e. The Kier molecular flexibility index (Phi) is 9.22. The van der Waals surface area contributed by atoms with Gasteiger partial charge in [0.1, 0.15) is 5.75 Å². The molecule has 176 valence electrons. The Morgan fingerprint density at radius 3 is 2.26 bits per heavy atom. The molecule has 7 nitrogen and oxygen atoms in total. The van der Waals surface area contributed by atoms with Gasteiger partial charge in [0.25, 0.3) is 5.91 Å². The van der Waals surface area contributed by atoms with Gasteiger partial charge in [0.2, 0.25) is 5.91 Å². The number of aryl methyl sites for hydroxylation is 1. The SMILES string of the molecule is CCOC(=O)Oc1ccc(C(=O)NCc2ccccc2NC(=O)CCc2ccccc2Br)cc1. The second-order valence-electron chi connectivity index (χ2n) is 7.29. The number of carbonyl (C=O) groups is 3. The minimum atomic E-state index is -0.797. The van der Waals surface area contributed by atoms with Crippen LogP contribution in [0.5, 0.6) is 5.75 Å². The van der Waals surface area contributed by atoms with Crippen LogP contribution in [0.4, 0.5) is 10.5 Å². The van der Waals surface area contributed by atoms with Gasteiger partial charge < -0.3 is 20.1 Å². The van der Waals surface area contributed by atoms with Crippen molar-refractivity contribution in [2.24, 2.45) is 0 Å². The minimum absolute atomic E-state index is 0.105. The molecule has 0 bridgehead atoms. The first-order chi connectivity index (χ1) is 16.5. The maximum absolute atomic E-state index is 12.5. The Morgan fingerprint density at radius 1 is 0.882 bits per heavy atom. The predicted molar refractivity (Wildman–Crippen MR) is 133 cm³/mol. The standard InChI is InChI=1S/C26H25BrN2O5/c1-2-33-26(32)34-21-14-11-19(12-15-21)25(31)28-17-20-8-4-6-10-23(20)29-24(30)16-13-18-7-3-5-9-22(18)27/h3-12,14-15H,2,13,16-17H2,1H3,(H,28,31)(H,29,30). The molecule has 0 aliphatic carbocycles. The van der Waals surface area contributed by atoms with E-state index >= 15 is 0 Å². The van der Waals surface area contributed by atoms with Crippen molar-refractivity contribution >= 4 is 39.6 Å². The van der Waals surface area contributed by atoms with E-state index in [0.29, 0.717) is 24.1 Å². The first kappa shape index (κ1) is 25.0. The molecule has 0 saturated heterocycles. The summed E-state index contributed by atoms with van der Waals surface area (Å²) < 4.78 is 10.7. The molecule has 34 heavy (non-hydrogen) atoms. The third-order valence-corrected chi connectivity index (χ3v) is 5.66. The van der Waals surface area contributed by atoms with Crippen molar-refractivity contribution in [3.05, 3.63) is 94.0 Å². The van der Waals surface area contributed by atoms with Crippen LogP contribution in [0.15, 0.2) is 77.3 Å². The number of ether oxygens (including phenoxy) is 2. The zero-order valence-corrected chi connectivity index (χ0v) is 20.3. The van der Waals surface area contributed by atoms with Gasteiger partial charge >= 0.3 is 6.16 Å². The fourth-order valence-electron chi connectivity index (χ4n) is 3.15. The molecule has 0 saturated carbocycles. The highest BCUT2D eigenvalue weighted by atomic mass is 79.9. The summed E-state index contributed by atoms with van der Waals surface area (Å²) in [5.41, 5.74) is 2.91. The van der Waals surface area contributed by atoms with E-state index in [-0.39, 0.29) is 30.7 Å². The lowest BCUT2D eigenvalue weighted by molar-refractivity contribution is -0.116. The van der Waals surface area contributed by atoms with E-state index in [9.17, 15) is 14.4 Å². The largest absolute Gasteiger partial charge is 0.513 e. The average Bonchev–Trinajstić information content (AvgIpc) is 2.83. The number of nitrogens with one attached hydrogen (secondary N) is 2. The first-order valence-electron chi connectivity index (χ1n) is 10.8.